The number of fused-ring (bicyclic) bond motifs is 1. The van der Waals surface area contributed by atoms with Gasteiger partial charge in [-0.1, -0.05) is 6.42 Å². The lowest BCUT2D eigenvalue weighted by Gasteiger charge is -2.29. The van der Waals surface area contributed by atoms with Crippen molar-refractivity contribution in [3.8, 4) is 0 Å². The number of carbonyl (C=O) groups excluding carboxylic acids is 1. The number of cyclic esters (lactones) is 1. The second-order valence-electron chi connectivity index (χ2n) is 3.47. The van der Waals surface area contributed by atoms with Crippen molar-refractivity contribution in [1.29, 1.82) is 0 Å². The zero-order valence-electron chi connectivity index (χ0n) is 6.38. The van der Waals surface area contributed by atoms with Gasteiger partial charge in [0, 0.05) is 5.92 Å². The van der Waals surface area contributed by atoms with Crippen LogP contribution in [0.2, 0.25) is 0 Å². The Bertz CT molecular complexity index is 190. The number of hydrogen-bond donors (Lipinski definition) is 1. The highest BCUT2D eigenvalue weighted by molar-refractivity contribution is 5.81. The molecule has 0 spiro atoms. The standard InChI is InChI=1S/C8H12O3/c9-7-8(10)4-2-1-3-6(8)5-11-7/h6,10H,1-5H2/t6-,8+/m1/s1. The molecule has 62 valence electrons. The summed E-state index contributed by atoms with van der Waals surface area (Å²) in [4.78, 5) is 11.1. The fourth-order valence-electron chi connectivity index (χ4n) is 2.02. The maximum atomic E-state index is 11.1. The topological polar surface area (TPSA) is 46.5 Å². The first-order chi connectivity index (χ1) is 5.23. The second-order valence-corrected chi connectivity index (χ2v) is 3.47. The molecule has 0 amide bonds. The average Bonchev–Trinajstić information content (AvgIpc) is 2.29. The number of ether oxygens (including phenoxy) is 1. The third-order valence-corrected chi connectivity index (χ3v) is 2.80. The van der Waals surface area contributed by atoms with Gasteiger partial charge in [0.2, 0.25) is 0 Å². The molecule has 1 aliphatic carbocycles. The minimum Gasteiger partial charge on any atom is -0.463 e. The van der Waals surface area contributed by atoms with E-state index in [4.69, 9.17) is 4.74 Å². The van der Waals surface area contributed by atoms with Gasteiger partial charge in [0.15, 0.2) is 5.60 Å². The quantitative estimate of drug-likeness (QED) is 0.518. The number of esters is 1. The van der Waals surface area contributed by atoms with Crippen LogP contribution in [0.4, 0.5) is 0 Å². The van der Waals surface area contributed by atoms with Crippen molar-refractivity contribution in [2.75, 3.05) is 6.61 Å². The molecular formula is C8H12O3. The SMILES string of the molecule is O=C1OC[C@H]2CCCC[C@@]12O. The van der Waals surface area contributed by atoms with Crippen molar-refractivity contribution >= 4 is 5.97 Å². The first-order valence-corrected chi connectivity index (χ1v) is 4.13. The van der Waals surface area contributed by atoms with Crippen LogP contribution in [0.5, 0.6) is 0 Å². The average molecular weight is 156 g/mol. The largest absolute Gasteiger partial charge is 0.463 e. The predicted molar refractivity (Wildman–Crippen MR) is 37.9 cm³/mol. The Morgan fingerprint density at radius 2 is 2.36 bits per heavy atom. The van der Waals surface area contributed by atoms with Crippen LogP contribution in [-0.4, -0.2) is 23.3 Å². The molecule has 0 aromatic heterocycles. The molecule has 1 N–H and O–H groups in total. The summed E-state index contributed by atoms with van der Waals surface area (Å²) in [6.07, 6.45) is 3.59. The van der Waals surface area contributed by atoms with Gasteiger partial charge in [0.25, 0.3) is 0 Å². The van der Waals surface area contributed by atoms with Gasteiger partial charge < -0.3 is 9.84 Å². The van der Waals surface area contributed by atoms with E-state index >= 15 is 0 Å². The van der Waals surface area contributed by atoms with Crippen LogP contribution in [0, 0.1) is 5.92 Å². The van der Waals surface area contributed by atoms with E-state index in [1.54, 1.807) is 0 Å². The summed E-state index contributed by atoms with van der Waals surface area (Å²) < 4.78 is 4.81. The Balaban J connectivity index is 2.23. The first-order valence-electron chi connectivity index (χ1n) is 4.13. The van der Waals surface area contributed by atoms with Crippen molar-refractivity contribution in [3.63, 3.8) is 0 Å². The lowest BCUT2D eigenvalue weighted by Crippen LogP contribution is -2.42. The van der Waals surface area contributed by atoms with Crippen LogP contribution in [0.1, 0.15) is 25.7 Å². The van der Waals surface area contributed by atoms with E-state index in [0.29, 0.717) is 13.0 Å². The smallest absolute Gasteiger partial charge is 0.338 e. The second kappa shape index (κ2) is 2.21. The zero-order chi connectivity index (χ0) is 7.90. The predicted octanol–water partition coefficient (Wildman–Crippen LogP) is 0.464. The van der Waals surface area contributed by atoms with E-state index in [9.17, 15) is 9.90 Å². The van der Waals surface area contributed by atoms with E-state index in [1.165, 1.54) is 0 Å². The summed E-state index contributed by atoms with van der Waals surface area (Å²) in [6, 6.07) is 0. The molecule has 0 radical (unpaired) electrons. The number of rotatable bonds is 0. The summed E-state index contributed by atoms with van der Waals surface area (Å²) in [6.45, 7) is 0.426. The molecule has 0 aromatic carbocycles. The number of carbonyl (C=O) groups is 1. The van der Waals surface area contributed by atoms with Crippen molar-refractivity contribution < 1.29 is 14.6 Å². The Labute approximate surface area is 65.4 Å². The maximum Gasteiger partial charge on any atom is 0.338 e. The highest BCUT2D eigenvalue weighted by atomic mass is 16.6. The fraction of sp³-hybridized carbons (Fsp3) is 0.875. The minimum absolute atomic E-state index is 0.0729. The van der Waals surface area contributed by atoms with Crippen LogP contribution in [-0.2, 0) is 9.53 Å². The van der Waals surface area contributed by atoms with E-state index in [0.717, 1.165) is 19.3 Å². The van der Waals surface area contributed by atoms with Crippen LogP contribution < -0.4 is 0 Å². The third kappa shape index (κ3) is 0.872. The molecule has 0 aromatic rings. The highest BCUT2D eigenvalue weighted by Gasteiger charge is 2.51. The molecule has 2 aliphatic rings. The first kappa shape index (κ1) is 7.10. The Morgan fingerprint density at radius 3 is 3.09 bits per heavy atom. The molecule has 2 atom stereocenters. The summed E-state index contributed by atoms with van der Waals surface area (Å²) in [7, 11) is 0. The molecule has 2 fully saturated rings. The van der Waals surface area contributed by atoms with Gasteiger partial charge in [-0.05, 0) is 19.3 Å². The molecular weight excluding hydrogens is 144 g/mol. The van der Waals surface area contributed by atoms with E-state index in [2.05, 4.69) is 0 Å². The maximum absolute atomic E-state index is 11.1. The lowest BCUT2D eigenvalue weighted by molar-refractivity contribution is -0.156. The molecule has 0 unspecified atom stereocenters. The van der Waals surface area contributed by atoms with Gasteiger partial charge in [-0.2, -0.15) is 0 Å². The zero-order valence-corrected chi connectivity index (χ0v) is 6.38. The van der Waals surface area contributed by atoms with Crippen LogP contribution in [0.25, 0.3) is 0 Å². The van der Waals surface area contributed by atoms with Crippen LogP contribution in [0.3, 0.4) is 0 Å². The van der Waals surface area contributed by atoms with Crippen LogP contribution >= 0.6 is 0 Å². The lowest BCUT2D eigenvalue weighted by atomic mass is 9.77. The summed E-state index contributed by atoms with van der Waals surface area (Å²) in [5, 5.41) is 9.80. The molecule has 11 heavy (non-hydrogen) atoms. The Hall–Kier alpha value is -0.570. The molecule has 3 heteroatoms. The van der Waals surface area contributed by atoms with Crippen molar-refractivity contribution in [2.24, 2.45) is 5.92 Å². The normalized spacial score (nSPS) is 43.4. The minimum atomic E-state index is -1.11. The van der Waals surface area contributed by atoms with E-state index in [1.807, 2.05) is 0 Å². The number of hydrogen-bond acceptors (Lipinski definition) is 3. The Kier molecular flexibility index (Phi) is 1.42. The van der Waals surface area contributed by atoms with Gasteiger partial charge in [0.05, 0.1) is 6.61 Å². The van der Waals surface area contributed by atoms with Crippen molar-refractivity contribution in [1.82, 2.24) is 0 Å². The van der Waals surface area contributed by atoms with Crippen molar-refractivity contribution in [3.05, 3.63) is 0 Å². The monoisotopic (exact) mass is 156 g/mol. The molecule has 1 heterocycles. The number of aliphatic hydroxyl groups is 1. The van der Waals surface area contributed by atoms with Gasteiger partial charge >= 0.3 is 5.97 Å². The van der Waals surface area contributed by atoms with E-state index < -0.39 is 11.6 Å². The molecule has 2 rings (SSSR count). The van der Waals surface area contributed by atoms with Crippen LogP contribution in [0.15, 0.2) is 0 Å². The molecule has 1 saturated heterocycles. The molecule has 3 nitrogen and oxygen atoms in total. The third-order valence-electron chi connectivity index (χ3n) is 2.80. The van der Waals surface area contributed by atoms with Gasteiger partial charge in [-0.15, -0.1) is 0 Å². The molecule has 1 aliphatic heterocycles. The van der Waals surface area contributed by atoms with Crippen molar-refractivity contribution in [2.45, 2.75) is 31.3 Å². The summed E-state index contributed by atoms with van der Waals surface area (Å²) in [5.74, 6) is -0.328. The van der Waals surface area contributed by atoms with E-state index in [-0.39, 0.29) is 5.92 Å². The molecule has 0 bridgehead atoms. The van der Waals surface area contributed by atoms with Gasteiger partial charge in [-0.3, -0.25) is 0 Å². The molecule has 1 saturated carbocycles. The van der Waals surface area contributed by atoms with Gasteiger partial charge in [0.1, 0.15) is 0 Å². The highest BCUT2D eigenvalue weighted by Crippen LogP contribution is 2.38. The Morgan fingerprint density at radius 1 is 1.55 bits per heavy atom. The van der Waals surface area contributed by atoms with Gasteiger partial charge in [-0.25, -0.2) is 4.79 Å². The summed E-state index contributed by atoms with van der Waals surface area (Å²) in [5.41, 5.74) is -1.11. The fourth-order valence-corrected chi connectivity index (χ4v) is 2.02. The summed E-state index contributed by atoms with van der Waals surface area (Å²) >= 11 is 0.